The number of nitro groups is 1. The molecule has 2 aliphatic rings. The number of carbonyl (C=O) groups is 4. The summed E-state index contributed by atoms with van der Waals surface area (Å²) in [6, 6.07) is 5.36. The molecule has 1 saturated heterocycles. The molecule has 0 bridgehead atoms. The number of carbonyl (C=O) groups excluding carboxylic acids is 4. The lowest BCUT2D eigenvalue weighted by Crippen LogP contribution is -2.68. The Hall–Kier alpha value is -3.65. The summed E-state index contributed by atoms with van der Waals surface area (Å²) in [5.41, 5.74) is -0.134. The molecular weight excluding hydrogens is 512 g/mol. The number of amides is 1. The van der Waals surface area contributed by atoms with E-state index in [9.17, 15) is 33.8 Å². The van der Waals surface area contributed by atoms with Crippen LogP contribution in [0.3, 0.4) is 0 Å². The average molecular weight is 539 g/mol. The third-order valence-corrected chi connectivity index (χ3v) is 7.29. The maximum absolute atomic E-state index is 12.8. The van der Waals surface area contributed by atoms with Gasteiger partial charge in [0.15, 0.2) is 0 Å². The van der Waals surface area contributed by atoms with Gasteiger partial charge in [-0.15, -0.1) is 0 Å². The van der Waals surface area contributed by atoms with Crippen LogP contribution in [-0.2, 0) is 51.1 Å². The number of hydrogen-bond acceptors (Lipinski definition) is 11. The summed E-state index contributed by atoms with van der Waals surface area (Å²) in [6.07, 6.45) is -1.08. The van der Waals surface area contributed by atoms with E-state index in [1.165, 1.54) is 24.3 Å². The Bertz CT molecular complexity index is 1130. The second kappa shape index (κ2) is 11.2. The summed E-state index contributed by atoms with van der Waals surface area (Å²) < 4.78 is 32.6. The Kier molecular flexibility index (Phi) is 8.43. The van der Waals surface area contributed by atoms with Gasteiger partial charge in [0.2, 0.25) is 18.1 Å². The fourth-order valence-electron chi connectivity index (χ4n) is 3.54. The molecule has 3 atom stereocenters. The molecule has 200 valence electrons. The van der Waals surface area contributed by atoms with E-state index in [4.69, 9.17) is 18.9 Å². The molecule has 1 aromatic carbocycles. The van der Waals surface area contributed by atoms with Crippen LogP contribution in [0.2, 0.25) is 0 Å². The highest BCUT2D eigenvalue weighted by molar-refractivity contribution is 7.92. The smallest absolute Gasteiger partial charge is 0.508 e. The van der Waals surface area contributed by atoms with E-state index in [0.29, 0.717) is 11.1 Å². The summed E-state index contributed by atoms with van der Waals surface area (Å²) in [7, 11) is 0. The standard InChI is InChI=1S/C23H26N2O11S/c1-13-11-37(32)19-16(10-34-22(29)33-9-14-5-7-15(8-6-14)25(30)31)18(26)24(19)17(13)20(27)35-12-36-21(28)23(2,3)4/h5-8,16,19H,9-12H2,1-4H3/t16-,19+,37?/m0/s1. The number of hydrogen-bond donors (Lipinski definition) is 0. The molecule has 13 nitrogen and oxygen atoms in total. The van der Waals surface area contributed by atoms with E-state index in [2.05, 4.69) is 0 Å². The zero-order valence-electron chi connectivity index (χ0n) is 20.6. The predicted molar refractivity (Wildman–Crippen MR) is 126 cm³/mol. The molecule has 1 aromatic rings. The van der Waals surface area contributed by atoms with Crippen LogP contribution in [0.1, 0.15) is 33.3 Å². The number of non-ortho nitro benzene ring substituents is 1. The first-order chi connectivity index (χ1) is 17.3. The number of β-lactam (4-membered cyclic amide) rings is 1. The molecule has 0 aliphatic carbocycles. The molecule has 1 amide bonds. The molecule has 1 unspecified atom stereocenters. The first-order valence-electron chi connectivity index (χ1n) is 11.1. The van der Waals surface area contributed by atoms with Crippen LogP contribution in [0.4, 0.5) is 10.5 Å². The Morgan fingerprint density at radius 3 is 2.35 bits per heavy atom. The van der Waals surface area contributed by atoms with E-state index < -0.39 is 70.2 Å². The van der Waals surface area contributed by atoms with Crippen molar-refractivity contribution in [2.45, 2.75) is 39.7 Å². The van der Waals surface area contributed by atoms with Crippen molar-refractivity contribution in [2.24, 2.45) is 11.3 Å². The minimum atomic E-state index is -1.56. The third kappa shape index (κ3) is 6.38. The van der Waals surface area contributed by atoms with Gasteiger partial charge < -0.3 is 23.5 Å². The van der Waals surface area contributed by atoms with Crippen molar-refractivity contribution in [3.8, 4) is 0 Å². The molecule has 37 heavy (non-hydrogen) atoms. The molecule has 0 radical (unpaired) electrons. The molecule has 3 rings (SSSR count). The Morgan fingerprint density at radius 2 is 1.76 bits per heavy atom. The second-order valence-electron chi connectivity index (χ2n) is 9.36. The lowest BCUT2D eigenvalue weighted by atomic mass is 9.96. The highest BCUT2D eigenvalue weighted by Gasteiger charge is 2.60. The molecule has 0 saturated carbocycles. The van der Waals surface area contributed by atoms with E-state index >= 15 is 0 Å². The Labute approximate surface area is 215 Å². The molecule has 2 aliphatic heterocycles. The van der Waals surface area contributed by atoms with Gasteiger partial charge in [-0.25, -0.2) is 9.59 Å². The van der Waals surface area contributed by atoms with Gasteiger partial charge in [-0.2, -0.15) is 0 Å². The molecule has 0 aromatic heterocycles. The fraction of sp³-hybridized carbons (Fsp3) is 0.478. The zero-order valence-corrected chi connectivity index (χ0v) is 21.4. The normalized spacial score (nSPS) is 20.9. The van der Waals surface area contributed by atoms with Crippen molar-refractivity contribution in [3.05, 3.63) is 51.2 Å². The van der Waals surface area contributed by atoms with E-state index in [1.807, 2.05) is 0 Å². The van der Waals surface area contributed by atoms with Crippen LogP contribution in [0.15, 0.2) is 35.5 Å². The van der Waals surface area contributed by atoms with Gasteiger partial charge in [-0.3, -0.25) is 24.6 Å². The third-order valence-electron chi connectivity index (χ3n) is 5.50. The average Bonchev–Trinajstić information content (AvgIpc) is 2.82. The highest BCUT2D eigenvalue weighted by Crippen LogP contribution is 2.40. The van der Waals surface area contributed by atoms with Crippen molar-refractivity contribution in [1.29, 1.82) is 0 Å². The van der Waals surface area contributed by atoms with Crippen molar-refractivity contribution >= 4 is 40.9 Å². The summed E-state index contributed by atoms with van der Waals surface area (Å²) >= 11 is -1.56. The number of nitro benzene ring substituents is 1. The minimum Gasteiger partial charge on any atom is -0.614 e. The maximum Gasteiger partial charge on any atom is 0.508 e. The first kappa shape index (κ1) is 27.9. The molecule has 2 heterocycles. The van der Waals surface area contributed by atoms with Crippen LogP contribution in [0.25, 0.3) is 0 Å². The van der Waals surface area contributed by atoms with Crippen LogP contribution in [0.5, 0.6) is 0 Å². The summed E-state index contributed by atoms with van der Waals surface area (Å²) in [4.78, 5) is 60.4. The highest BCUT2D eigenvalue weighted by atomic mass is 32.2. The van der Waals surface area contributed by atoms with E-state index in [-0.39, 0.29) is 23.7 Å². The lowest BCUT2D eigenvalue weighted by molar-refractivity contribution is -0.384. The van der Waals surface area contributed by atoms with Crippen molar-refractivity contribution in [3.63, 3.8) is 0 Å². The molecule has 14 heteroatoms. The van der Waals surface area contributed by atoms with Crippen LogP contribution in [-0.4, -0.2) is 62.9 Å². The van der Waals surface area contributed by atoms with Crippen molar-refractivity contribution in [2.75, 3.05) is 19.2 Å². The number of benzene rings is 1. The van der Waals surface area contributed by atoms with Gasteiger partial charge in [0, 0.05) is 17.7 Å². The van der Waals surface area contributed by atoms with E-state index in [0.717, 1.165) is 4.90 Å². The number of ether oxygens (including phenoxy) is 4. The first-order valence-corrected chi connectivity index (χ1v) is 12.5. The van der Waals surface area contributed by atoms with Gasteiger partial charge in [-0.1, -0.05) is 0 Å². The quantitative estimate of drug-likeness (QED) is 0.118. The summed E-state index contributed by atoms with van der Waals surface area (Å²) in [6.45, 7) is 5.17. The van der Waals surface area contributed by atoms with E-state index in [1.54, 1.807) is 27.7 Å². The lowest BCUT2D eigenvalue weighted by Gasteiger charge is -2.48. The molecular formula is C23H26N2O11S. The van der Waals surface area contributed by atoms with Crippen LogP contribution in [0, 0.1) is 21.4 Å². The number of rotatable bonds is 8. The van der Waals surface area contributed by atoms with Gasteiger partial charge in [0.05, 0.1) is 10.3 Å². The molecule has 0 spiro atoms. The number of nitrogens with zero attached hydrogens (tertiary/aromatic N) is 2. The maximum atomic E-state index is 12.8. The van der Waals surface area contributed by atoms with Gasteiger partial charge in [0.25, 0.3) is 5.69 Å². The number of esters is 2. The molecule has 0 N–H and O–H groups in total. The summed E-state index contributed by atoms with van der Waals surface area (Å²) in [5, 5.41) is 9.79. The van der Waals surface area contributed by atoms with Gasteiger partial charge in [-0.05, 0) is 56.6 Å². The second-order valence-corrected chi connectivity index (χ2v) is 10.9. The van der Waals surface area contributed by atoms with Crippen LogP contribution >= 0.6 is 0 Å². The Balaban J connectivity index is 1.53. The predicted octanol–water partition coefficient (Wildman–Crippen LogP) is 2.16. The fourth-order valence-corrected chi connectivity index (χ4v) is 5.28. The monoisotopic (exact) mass is 538 g/mol. The SMILES string of the molecule is CC1=C(C(=O)OCOC(=O)C(C)(C)C)N2C(=O)[C@H](COC(=O)OCc3ccc([N+](=O)[O-])cc3)[C@H]2[S+]([O-])C1. The van der Waals surface area contributed by atoms with Crippen molar-refractivity contribution < 1.29 is 47.6 Å². The summed E-state index contributed by atoms with van der Waals surface area (Å²) in [5.74, 6) is -3.02. The minimum absolute atomic E-state index is 0.00174. The largest absolute Gasteiger partial charge is 0.614 e. The zero-order chi connectivity index (χ0) is 27.5. The van der Waals surface area contributed by atoms with Crippen LogP contribution < -0.4 is 0 Å². The topological polar surface area (TPSA) is 175 Å². The molecule has 1 fully saturated rings. The van der Waals surface area contributed by atoms with Gasteiger partial charge >= 0.3 is 18.1 Å². The number of fused-ring (bicyclic) bond motifs is 1. The van der Waals surface area contributed by atoms with Gasteiger partial charge in [0.1, 0.15) is 30.6 Å². The van der Waals surface area contributed by atoms with Crippen molar-refractivity contribution in [1.82, 2.24) is 4.90 Å². The Morgan fingerprint density at radius 1 is 1.11 bits per heavy atom.